The van der Waals surface area contributed by atoms with Crippen LogP contribution in [0.4, 0.5) is 17.7 Å². The van der Waals surface area contributed by atoms with E-state index < -0.39 is 30.4 Å². The van der Waals surface area contributed by atoms with Crippen molar-refractivity contribution in [3.05, 3.63) is 0 Å². The highest BCUT2D eigenvalue weighted by molar-refractivity contribution is 6.60. The quantitative estimate of drug-likeness (QED) is 0.736. The Bertz CT molecular complexity index is 391. The molecule has 8 heteroatoms. The fourth-order valence-corrected chi connectivity index (χ4v) is 3.12. The minimum atomic E-state index is -4.98. The molecular weight excluding hydrogens is 286 g/mol. The third kappa shape index (κ3) is 4.05. The molecule has 0 bridgehead atoms. The van der Waals surface area contributed by atoms with Crippen molar-refractivity contribution in [1.82, 2.24) is 4.90 Å². The van der Waals surface area contributed by atoms with E-state index in [2.05, 4.69) is 0 Å². The van der Waals surface area contributed by atoms with Crippen LogP contribution >= 0.6 is 0 Å². The van der Waals surface area contributed by atoms with Crippen LogP contribution in [0.1, 0.15) is 27.2 Å². The number of likely N-dealkylation sites (tertiary alicyclic amines) is 1. The van der Waals surface area contributed by atoms with Gasteiger partial charge in [0.05, 0.1) is 0 Å². The molecule has 2 aliphatic heterocycles. The highest BCUT2D eigenvalue weighted by Crippen LogP contribution is 2.45. The molecule has 0 aromatic carbocycles. The maximum atomic E-state index is 13.3. The summed E-state index contributed by atoms with van der Waals surface area (Å²) in [7, 11) is 0. The Morgan fingerprint density at radius 3 is 2.43 bits per heavy atom. The van der Waals surface area contributed by atoms with Gasteiger partial charge < -0.3 is 27.3 Å². The smallest absolute Gasteiger partial charge is 0.449 e. The molecule has 2 fully saturated rings. The highest BCUT2D eigenvalue weighted by Gasteiger charge is 2.50. The van der Waals surface area contributed by atoms with Gasteiger partial charge >= 0.3 is 13.1 Å². The summed E-state index contributed by atoms with van der Waals surface area (Å²) in [5, 5.41) is 0. The molecule has 3 atom stereocenters. The van der Waals surface area contributed by atoms with Gasteiger partial charge in [0.25, 0.3) is 0 Å². The van der Waals surface area contributed by atoms with Crippen LogP contribution in [0.15, 0.2) is 0 Å². The van der Waals surface area contributed by atoms with Crippen LogP contribution in [0, 0.1) is 11.8 Å². The molecule has 2 rings (SSSR count). The number of amides is 1. The van der Waals surface area contributed by atoms with Crippen molar-refractivity contribution in [1.29, 1.82) is 0 Å². The molecule has 0 aromatic heterocycles. The molecule has 1 amide bonds. The van der Waals surface area contributed by atoms with Gasteiger partial charge in [-0.25, -0.2) is 4.79 Å². The van der Waals surface area contributed by atoms with Gasteiger partial charge in [0.1, 0.15) is 5.60 Å². The van der Waals surface area contributed by atoms with Crippen molar-refractivity contribution in [2.45, 2.75) is 38.6 Å². The predicted octanol–water partition coefficient (Wildman–Crippen LogP) is 3.11. The molecule has 0 aliphatic carbocycles. The van der Waals surface area contributed by atoms with Gasteiger partial charge in [-0.15, -0.1) is 0 Å². The highest BCUT2D eigenvalue weighted by atomic mass is 19.4. The lowest BCUT2D eigenvalue weighted by Gasteiger charge is -2.30. The zero-order valence-electron chi connectivity index (χ0n) is 12.7. The van der Waals surface area contributed by atoms with Gasteiger partial charge in [0, 0.05) is 26.3 Å². The molecule has 0 aromatic rings. The molecule has 0 saturated carbocycles. The van der Waals surface area contributed by atoms with Crippen molar-refractivity contribution < 1.29 is 27.2 Å². The zero-order chi connectivity index (χ0) is 15.8. The number of ether oxygens (including phenoxy) is 2. The summed E-state index contributed by atoms with van der Waals surface area (Å²) in [5.41, 5.74) is -0.704. The second-order valence-electron chi connectivity index (χ2n) is 6.96. The average Bonchev–Trinajstić information content (AvgIpc) is 2.94. The minimum absolute atomic E-state index is 0.106. The second kappa shape index (κ2) is 5.70. The van der Waals surface area contributed by atoms with E-state index in [0.717, 1.165) is 0 Å². The molecule has 2 saturated heterocycles. The summed E-state index contributed by atoms with van der Waals surface area (Å²) < 4.78 is 50.2. The number of halogens is 3. The number of rotatable bonds is 2. The van der Waals surface area contributed by atoms with Crippen molar-refractivity contribution >= 4 is 13.1 Å². The summed E-state index contributed by atoms with van der Waals surface area (Å²) >= 11 is 0. The first-order chi connectivity index (χ1) is 9.58. The van der Waals surface area contributed by atoms with Gasteiger partial charge in [0.2, 0.25) is 0 Å². The monoisotopic (exact) mass is 308 g/mol. The van der Waals surface area contributed by atoms with E-state index in [0.29, 0.717) is 19.6 Å². The summed E-state index contributed by atoms with van der Waals surface area (Å²) in [4.78, 5) is 13.2. The van der Waals surface area contributed by atoms with Crippen LogP contribution in [0.25, 0.3) is 0 Å². The molecule has 2 aliphatic rings. The van der Waals surface area contributed by atoms with Crippen LogP contribution in [0.2, 0.25) is 5.82 Å². The Labute approximate surface area is 123 Å². The van der Waals surface area contributed by atoms with Crippen LogP contribution < -0.4 is 0 Å². The van der Waals surface area contributed by atoms with E-state index in [4.69, 9.17) is 9.47 Å². The van der Waals surface area contributed by atoms with Crippen molar-refractivity contribution in [2.75, 3.05) is 26.3 Å². The lowest BCUT2D eigenvalue weighted by molar-refractivity contribution is 0.0282. The van der Waals surface area contributed by atoms with E-state index >= 15 is 0 Å². The van der Waals surface area contributed by atoms with Gasteiger partial charge in [-0.1, -0.05) is 5.82 Å². The van der Waals surface area contributed by atoms with E-state index in [-0.39, 0.29) is 19.0 Å². The largest absolute Gasteiger partial charge is 0.483 e. The van der Waals surface area contributed by atoms with Crippen molar-refractivity contribution in [2.24, 2.45) is 11.8 Å². The molecular formula is C13H22BF3NO3-. The molecule has 2 heterocycles. The topological polar surface area (TPSA) is 38.8 Å². The lowest BCUT2D eigenvalue weighted by atomic mass is 9.63. The van der Waals surface area contributed by atoms with Gasteiger partial charge in [-0.3, -0.25) is 0 Å². The Kier molecular flexibility index (Phi) is 4.47. The van der Waals surface area contributed by atoms with E-state index in [1.54, 1.807) is 20.8 Å². The Balaban J connectivity index is 2.08. The fourth-order valence-electron chi connectivity index (χ4n) is 3.12. The summed E-state index contributed by atoms with van der Waals surface area (Å²) in [6.07, 6.45) is -0.0240. The van der Waals surface area contributed by atoms with Crippen molar-refractivity contribution in [3.8, 4) is 0 Å². The molecule has 4 nitrogen and oxygen atoms in total. The Morgan fingerprint density at radius 2 is 1.95 bits per heavy atom. The molecule has 0 radical (unpaired) electrons. The standard InChI is InChI=1S/C13H22BF3NO3/c1-13(2,3)21-12(19)18-6-10(9-4-5-20-8-9)11(7-18)14(15,16)17/h9-11H,4-8H2,1-3H3/q-1. The summed E-state index contributed by atoms with van der Waals surface area (Å²) in [6.45, 7) is 0.806. The number of nitrogens with zero attached hydrogens (tertiary/aromatic N) is 1. The number of hydrogen-bond donors (Lipinski definition) is 0. The molecule has 0 N–H and O–H groups in total. The first-order valence-electron chi connectivity index (χ1n) is 7.33. The molecule has 3 unspecified atom stereocenters. The lowest BCUT2D eigenvalue weighted by Crippen LogP contribution is -2.36. The summed E-state index contributed by atoms with van der Waals surface area (Å²) in [5.74, 6) is -2.12. The van der Waals surface area contributed by atoms with E-state index in [1.807, 2.05) is 0 Å². The van der Waals surface area contributed by atoms with Gasteiger partial charge in [-0.2, -0.15) is 0 Å². The Hall–Kier alpha value is -0.915. The zero-order valence-corrected chi connectivity index (χ0v) is 12.7. The normalized spacial score (nSPS) is 30.8. The number of carbonyl (C=O) groups is 1. The first-order valence-corrected chi connectivity index (χ1v) is 7.33. The van der Waals surface area contributed by atoms with E-state index in [9.17, 15) is 17.7 Å². The maximum absolute atomic E-state index is 13.3. The number of hydrogen-bond acceptors (Lipinski definition) is 3. The second-order valence-corrected chi connectivity index (χ2v) is 6.96. The number of carbonyl (C=O) groups excluding carboxylic acids is 1. The minimum Gasteiger partial charge on any atom is -0.449 e. The predicted molar refractivity (Wildman–Crippen MR) is 73.1 cm³/mol. The van der Waals surface area contributed by atoms with Gasteiger partial charge in [-0.05, 0) is 39.0 Å². The van der Waals surface area contributed by atoms with Crippen LogP contribution in [0.3, 0.4) is 0 Å². The molecule has 0 spiro atoms. The third-order valence-electron chi connectivity index (χ3n) is 4.12. The third-order valence-corrected chi connectivity index (χ3v) is 4.12. The van der Waals surface area contributed by atoms with Crippen LogP contribution in [0.5, 0.6) is 0 Å². The maximum Gasteiger partial charge on any atom is 0.483 e. The van der Waals surface area contributed by atoms with Crippen molar-refractivity contribution in [3.63, 3.8) is 0 Å². The van der Waals surface area contributed by atoms with Gasteiger partial charge in [0.15, 0.2) is 0 Å². The molecule has 21 heavy (non-hydrogen) atoms. The average molecular weight is 308 g/mol. The first kappa shape index (κ1) is 16.5. The fraction of sp³-hybridized carbons (Fsp3) is 0.923. The van der Waals surface area contributed by atoms with E-state index in [1.165, 1.54) is 4.90 Å². The van der Waals surface area contributed by atoms with Crippen LogP contribution in [-0.2, 0) is 9.47 Å². The Morgan fingerprint density at radius 1 is 1.29 bits per heavy atom. The SMILES string of the molecule is CC(C)(C)OC(=O)N1CC(C2CCOC2)C([B-](F)(F)F)C1. The summed E-state index contributed by atoms with van der Waals surface area (Å²) in [6, 6.07) is 0. The van der Waals surface area contributed by atoms with Crippen LogP contribution in [-0.4, -0.2) is 49.9 Å². The molecule has 122 valence electrons.